The van der Waals surface area contributed by atoms with Crippen LogP contribution in [-0.2, 0) is 16.6 Å². The molecule has 0 aromatic carbocycles. The molecule has 2 saturated heterocycles. The predicted molar refractivity (Wildman–Crippen MR) is 102 cm³/mol. The van der Waals surface area contributed by atoms with Crippen LogP contribution in [0.1, 0.15) is 43.9 Å². The molecule has 0 saturated carbocycles. The Morgan fingerprint density at radius 1 is 1.24 bits per heavy atom. The summed E-state index contributed by atoms with van der Waals surface area (Å²) in [5, 5.41) is 0. The third-order valence-corrected chi connectivity index (χ3v) is 8.36. The summed E-state index contributed by atoms with van der Waals surface area (Å²) in [7, 11) is -3.35. The monoisotopic (exact) mass is 384 g/mol. The third-order valence-electron chi connectivity index (χ3n) is 4.92. The lowest BCUT2D eigenvalue weighted by Crippen LogP contribution is -2.43. The Morgan fingerprint density at radius 2 is 2.00 bits per heavy atom. The average Bonchev–Trinajstić information content (AvgIpc) is 3.10. The number of nitrogens with zero attached hydrogens (tertiary/aromatic N) is 3. The van der Waals surface area contributed by atoms with Gasteiger partial charge in [-0.3, -0.25) is 0 Å². The molecular weight excluding hydrogens is 356 g/mol. The van der Waals surface area contributed by atoms with Gasteiger partial charge in [0.1, 0.15) is 4.21 Å². The minimum absolute atomic E-state index is 0.421. The Morgan fingerprint density at radius 3 is 2.72 bits per heavy atom. The lowest BCUT2D eigenvalue weighted by molar-refractivity contribution is 0.270. The number of piperidine rings is 2. The lowest BCUT2D eigenvalue weighted by atomic mass is 10.0. The fraction of sp³-hybridized carbons (Fsp3) is 0.706. The Kier molecular flexibility index (Phi) is 6.01. The van der Waals surface area contributed by atoms with Crippen LogP contribution in [0.2, 0.25) is 0 Å². The Hall–Kier alpha value is -1.12. The summed E-state index contributed by atoms with van der Waals surface area (Å²) >= 11 is 1.31. The van der Waals surface area contributed by atoms with Gasteiger partial charge in [0.05, 0.1) is 6.54 Å². The molecule has 0 bridgehead atoms. The first kappa shape index (κ1) is 18.7. The maximum Gasteiger partial charge on any atom is 0.252 e. The average molecular weight is 385 g/mol. The molecule has 0 amide bonds. The van der Waals surface area contributed by atoms with Gasteiger partial charge in [-0.2, -0.15) is 4.31 Å². The summed E-state index contributed by atoms with van der Waals surface area (Å²) in [6, 6.07) is 3.57. The summed E-state index contributed by atoms with van der Waals surface area (Å²) in [6.45, 7) is 5.85. The van der Waals surface area contributed by atoms with Crippen molar-refractivity contribution in [1.82, 2.24) is 9.21 Å². The van der Waals surface area contributed by atoms with Crippen LogP contribution in [0.5, 0.6) is 0 Å². The van der Waals surface area contributed by atoms with Crippen molar-refractivity contribution in [3.8, 4) is 0 Å². The molecule has 0 spiro atoms. The highest BCUT2D eigenvalue weighted by Gasteiger charge is 2.27. The number of hydrogen-bond donors (Lipinski definition) is 1. The number of sulfonamides is 1. The minimum Gasteiger partial charge on any atom is -0.370 e. The number of aliphatic imine (C=N–C) groups is 1. The van der Waals surface area contributed by atoms with E-state index in [0.29, 0.717) is 35.7 Å². The predicted octanol–water partition coefficient (Wildman–Crippen LogP) is 2.47. The van der Waals surface area contributed by atoms with Crippen LogP contribution in [-0.4, -0.2) is 49.8 Å². The number of hydrogen-bond acceptors (Lipinski definition) is 4. The molecule has 1 aromatic heterocycles. The molecule has 2 fully saturated rings. The fourth-order valence-electron chi connectivity index (χ4n) is 3.47. The molecule has 1 atom stereocenters. The number of thiophene rings is 1. The molecule has 0 radical (unpaired) electrons. The molecule has 1 unspecified atom stereocenters. The number of rotatable bonds is 4. The summed E-state index contributed by atoms with van der Waals surface area (Å²) < 4.78 is 27.4. The van der Waals surface area contributed by atoms with Gasteiger partial charge in [0, 0.05) is 31.1 Å². The molecule has 2 N–H and O–H groups in total. The van der Waals surface area contributed by atoms with Gasteiger partial charge in [-0.25, -0.2) is 13.4 Å². The summed E-state index contributed by atoms with van der Waals surface area (Å²) in [5.74, 6) is 1.21. The van der Waals surface area contributed by atoms with Crippen molar-refractivity contribution < 1.29 is 8.42 Å². The standard InChI is InChI=1S/C17H28N4O2S2/c1-14-6-5-9-20(13-14)17(18)19-12-15-7-8-16(24-15)25(22,23)21-10-3-2-4-11-21/h7-8,14H,2-6,9-13H2,1H3,(H2,18,19). The van der Waals surface area contributed by atoms with Crippen molar-refractivity contribution in [2.24, 2.45) is 16.6 Å². The first-order valence-corrected chi connectivity index (χ1v) is 11.4. The largest absolute Gasteiger partial charge is 0.370 e. The van der Waals surface area contributed by atoms with Crippen LogP contribution in [0.3, 0.4) is 0 Å². The maximum absolute atomic E-state index is 12.7. The Bertz CT molecular complexity index is 708. The normalized spacial score (nSPS) is 23.8. The molecule has 1 aromatic rings. The smallest absolute Gasteiger partial charge is 0.252 e. The second kappa shape index (κ2) is 8.05. The van der Waals surface area contributed by atoms with E-state index in [0.717, 1.165) is 43.6 Å². The molecule has 25 heavy (non-hydrogen) atoms. The van der Waals surface area contributed by atoms with Gasteiger partial charge in [0.15, 0.2) is 5.96 Å². The molecule has 2 aliphatic heterocycles. The van der Waals surface area contributed by atoms with E-state index in [1.54, 1.807) is 10.4 Å². The van der Waals surface area contributed by atoms with Crippen molar-refractivity contribution >= 4 is 27.3 Å². The summed E-state index contributed by atoms with van der Waals surface area (Å²) in [5.41, 5.74) is 6.12. The van der Waals surface area contributed by atoms with Crippen LogP contribution in [0.25, 0.3) is 0 Å². The highest BCUT2D eigenvalue weighted by atomic mass is 32.2. The topological polar surface area (TPSA) is 79.0 Å². The SMILES string of the molecule is CC1CCCN(C(N)=NCc2ccc(S(=O)(=O)N3CCCCC3)s2)C1. The second-order valence-electron chi connectivity index (χ2n) is 7.05. The van der Waals surface area contributed by atoms with Crippen LogP contribution in [0.15, 0.2) is 21.3 Å². The Balaban J connectivity index is 1.64. The van der Waals surface area contributed by atoms with Crippen molar-refractivity contribution in [3.05, 3.63) is 17.0 Å². The van der Waals surface area contributed by atoms with Crippen molar-refractivity contribution in [2.45, 2.75) is 49.8 Å². The van der Waals surface area contributed by atoms with E-state index in [4.69, 9.17) is 5.73 Å². The van der Waals surface area contributed by atoms with Gasteiger partial charge in [0.2, 0.25) is 0 Å². The van der Waals surface area contributed by atoms with Gasteiger partial charge < -0.3 is 10.6 Å². The van der Waals surface area contributed by atoms with E-state index >= 15 is 0 Å². The zero-order valence-electron chi connectivity index (χ0n) is 14.9. The van der Waals surface area contributed by atoms with Gasteiger partial charge in [-0.1, -0.05) is 13.3 Å². The fourth-order valence-corrected chi connectivity index (χ4v) is 6.42. The van der Waals surface area contributed by atoms with Crippen molar-refractivity contribution in [3.63, 3.8) is 0 Å². The number of nitrogens with two attached hydrogens (primary N) is 1. The van der Waals surface area contributed by atoms with Gasteiger partial charge in [0.25, 0.3) is 10.0 Å². The van der Waals surface area contributed by atoms with Crippen molar-refractivity contribution in [2.75, 3.05) is 26.2 Å². The quantitative estimate of drug-likeness (QED) is 0.639. The first-order chi connectivity index (χ1) is 12.0. The Labute approximate surface area is 154 Å². The zero-order valence-corrected chi connectivity index (χ0v) is 16.5. The molecule has 0 aliphatic carbocycles. The van der Waals surface area contributed by atoms with Gasteiger partial charge in [-0.05, 0) is 43.7 Å². The van der Waals surface area contributed by atoms with Crippen molar-refractivity contribution in [1.29, 1.82) is 0 Å². The molecular formula is C17H28N4O2S2. The molecule has 3 rings (SSSR count). The van der Waals surface area contributed by atoms with Crippen LogP contribution < -0.4 is 5.73 Å². The van der Waals surface area contributed by atoms with Gasteiger partial charge in [-0.15, -0.1) is 11.3 Å². The van der Waals surface area contributed by atoms with E-state index in [1.807, 2.05) is 6.07 Å². The molecule has 6 nitrogen and oxygen atoms in total. The molecule has 2 aliphatic rings. The summed E-state index contributed by atoms with van der Waals surface area (Å²) in [6.07, 6.45) is 5.41. The second-order valence-corrected chi connectivity index (χ2v) is 10.4. The van der Waals surface area contributed by atoms with E-state index in [9.17, 15) is 8.42 Å². The third kappa shape index (κ3) is 4.54. The number of likely N-dealkylation sites (tertiary alicyclic amines) is 1. The first-order valence-electron chi connectivity index (χ1n) is 9.10. The van der Waals surface area contributed by atoms with E-state index in [-0.39, 0.29) is 0 Å². The minimum atomic E-state index is -3.35. The highest BCUT2D eigenvalue weighted by Crippen LogP contribution is 2.27. The van der Waals surface area contributed by atoms with Crippen LogP contribution in [0, 0.1) is 5.92 Å². The molecule has 3 heterocycles. The maximum atomic E-state index is 12.7. The molecule has 8 heteroatoms. The van der Waals surface area contributed by atoms with E-state index in [1.165, 1.54) is 17.8 Å². The summed E-state index contributed by atoms with van der Waals surface area (Å²) in [4.78, 5) is 7.55. The zero-order chi connectivity index (χ0) is 17.9. The number of guanidine groups is 1. The van der Waals surface area contributed by atoms with Crippen LogP contribution in [0.4, 0.5) is 0 Å². The lowest BCUT2D eigenvalue weighted by Gasteiger charge is -2.31. The van der Waals surface area contributed by atoms with E-state index < -0.39 is 10.0 Å². The highest BCUT2D eigenvalue weighted by molar-refractivity contribution is 7.91. The van der Waals surface area contributed by atoms with E-state index in [2.05, 4.69) is 16.8 Å². The van der Waals surface area contributed by atoms with Gasteiger partial charge >= 0.3 is 0 Å². The van der Waals surface area contributed by atoms with Crippen LogP contribution >= 0.6 is 11.3 Å². The molecule has 140 valence electrons.